The third kappa shape index (κ3) is 7.94. The van der Waals surface area contributed by atoms with Gasteiger partial charge in [-0.25, -0.2) is 0 Å². The average Bonchev–Trinajstić information content (AvgIpc) is 2.77. The lowest BCUT2D eigenvalue weighted by Gasteiger charge is -2.30. The van der Waals surface area contributed by atoms with Crippen LogP contribution in [0.15, 0.2) is 47.5 Å². The molecular weight excluding hydrogens is 515 g/mol. The molecule has 0 aliphatic carbocycles. The highest BCUT2D eigenvalue weighted by Gasteiger charge is 2.18. The van der Waals surface area contributed by atoms with E-state index in [1.165, 1.54) is 22.3 Å². The fourth-order valence-corrected chi connectivity index (χ4v) is 4.02. The maximum atomic E-state index is 10.5. The number of nitrogens with zero attached hydrogens (tertiary/aromatic N) is 2. The number of halogens is 1. The highest BCUT2D eigenvalue weighted by atomic mass is 127. The quantitative estimate of drug-likeness (QED) is 0.254. The van der Waals surface area contributed by atoms with Gasteiger partial charge in [-0.3, -0.25) is 9.89 Å². The van der Waals surface area contributed by atoms with Gasteiger partial charge < -0.3 is 20.5 Å². The van der Waals surface area contributed by atoms with Crippen molar-refractivity contribution in [3.8, 4) is 5.75 Å². The Hall–Kier alpha value is -1.84. The van der Waals surface area contributed by atoms with Crippen LogP contribution >= 0.6 is 24.0 Å². The van der Waals surface area contributed by atoms with Crippen LogP contribution in [0.3, 0.4) is 0 Å². The third-order valence-corrected chi connectivity index (χ3v) is 5.61. The van der Waals surface area contributed by atoms with Crippen LogP contribution in [0.5, 0.6) is 5.75 Å². The van der Waals surface area contributed by atoms with E-state index in [1.54, 1.807) is 7.11 Å². The molecule has 176 valence electrons. The predicted octanol–water partition coefficient (Wildman–Crippen LogP) is 3.14. The molecule has 0 saturated carbocycles. The first-order valence-corrected chi connectivity index (χ1v) is 11.2. The van der Waals surface area contributed by atoms with Gasteiger partial charge in [0.1, 0.15) is 5.75 Å². The van der Waals surface area contributed by atoms with Crippen molar-refractivity contribution < 1.29 is 9.84 Å². The molecule has 32 heavy (non-hydrogen) atoms. The summed E-state index contributed by atoms with van der Waals surface area (Å²) in [5.41, 5.74) is 5.19. The minimum atomic E-state index is -0.488. The second-order valence-electron chi connectivity index (χ2n) is 8.12. The minimum Gasteiger partial charge on any atom is -0.496 e. The third-order valence-electron chi connectivity index (χ3n) is 5.61. The fraction of sp³-hybridized carbons (Fsp3) is 0.480. The van der Waals surface area contributed by atoms with E-state index in [1.807, 2.05) is 13.0 Å². The number of hydrogen-bond acceptors (Lipinski definition) is 4. The number of aliphatic imine (C=N–C) groups is 1. The van der Waals surface area contributed by atoms with Gasteiger partial charge in [-0.15, -0.1) is 24.0 Å². The monoisotopic (exact) mass is 552 g/mol. The molecule has 1 unspecified atom stereocenters. The Morgan fingerprint density at radius 2 is 1.97 bits per heavy atom. The van der Waals surface area contributed by atoms with Gasteiger partial charge in [0.15, 0.2) is 5.96 Å². The second-order valence-corrected chi connectivity index (χ2v) is 8.12. The lowest BCUT2D eigenvalue weighted by Crippen LogP contribution is -2.40. The number of ether oxygens (including phenoxy) is 1. The van der Waals surface area contributed by atoms with E-state index in [0.29, 0.717) is 13.1 Å². The summed E-state index contributed by atoms with van der Waals surface area (Å²) in [7, 11) is 1.70. The van der Waals surface area contributed by atoms with E-state index in [0.717, 1.165) is 50.7 Å². The van der Waals surface area contributed by atoms with Crippen LogP contribution in [0, 0.1) is 6.92 Å². The average molecular weight is 553 g/mol. The van der Waals surface area contributed by atoms with E-state index in [9.17, 15) is 5.11 Å². The summed E-state index contributed by atoms with van der Waals surface area (Å²) in [4.78, 5) is 6.91. The maximum absolute atomic E-state index is 10.5. The van der Waals surface area contributed by atoms with Gasteiger partial charge in [0.05, 0.1) is 19.8 Å². The zero-order valence-electron chi connectivity index (χ0n) is 19.4. The topological polar surface area (TPSA) is 69.1 Å². The zero-order valence-corrected chi connectivity index (χ0v) is 21.8. The summed E-state index contributed by atoms with van der Waals surface area (Å²) in [5, 5.41) is 17.2. The summed E-state index contributed by atoms with van der Waals surface area (Å²) in [6.07, 6.45) is 1.39. The number of methoxy groups -OCH3 is 1. The number of aryl methyl sites for hydroxylation is 1. The summed E-state index contributed by atoms with van der Waals surface area (Å²) in [6, 6.07) is 14.8. The number of rotatable bonds is 9. The van der Waals surface area contributed by atoms with E-state index in [-0.39, 0.29) is 24.0 Å². The number of aliphatic hydroxyl groups is 1. The molecule has 2 aromatic rings. The molecule has 1 aliphatic rings. The van der Waals surface area contributed by atoms with Gasteiger partial charge in [-0.05, 0) is 49.4 Å². The minimum absolute atomic E-state index is 0. The van der Waals surface area contributed by atoms with Crippen molar-refractivity contribution in [2.45, 2.75) is 39.3 Å². The van der Waals surface area contributed by atoms with Crippen molar-refractivity contribution in [3.63, 3.8) is 0 Å². The first-order chi connectivity index (χ1) is 15.1. The Morgan fingerprint density at radius 1 is 1.19 bits per heavy atom. The Labute approximate surface area is 209 Å². The SMILES string of the molecule is CCNC(=NCC(O)CN1CCc2ccccc2C1)NCCc1cc(C)ccc1OC.I. The van der Waals surface area contributed by atoms with E-state index in [2.05, 4.69) is 63.8 Å². The lowest BCUT2D eigenvalue weighted by molar-refractivity contribution is 0.111. The highest BCUT2D eigenvalue weighted by Crippen LogP contribution is 2.20. The van der Waals surface area contributed by atoms with E-state index < -0.39 is 6.10 Å². The molecule has 1 aliphatic heterocycles. The lowest BCUT2D eigenvalue weighted by atomic mass is 10.00. The maximum Gasteiger partial charge on any atom is 0.191 e. The van der Waals surface area contributed by atoms with Crippen molar-refractivity contribution in [3.05, 3.63) is 64.7 Å². The Morgan fingerprint density at radius 3 is 2.72 bits per heavy atom. The number of benzene rings is 2. The summed E-state index contributed by atoms with van der Waals surface area (Å²) < 4.78 is 5.47. The molecule has 3 rings (SSSR count). The number of aliphatic hydroxyl groups excluding tert-OH is 1. The highest BCUT2D eigenvalue weighted by molar-refractivity contribution is 14.0. The molecule has 3 N–H and O–H groups in total. The molecule has 0 fully saturated rings. The first-order valence-electron chi connectivity index (χ1n) is 11.2. The first kappa shape index (κ1) is 26.4. The molecule has 6 nitrogen and oxygen atoms in total. The molecule has 0 amide bonds. The van der Waals surface area contributed by atoms with Crippen LogP contribution in [-0.2, 0) is 19.4 Å². The molecule has 7 heteroatoms. The molecule has 2 aromatic carbocycles. The van der Waals surface area contributed by atoms with Crippen molar-refractivity contribution in [2.75, 3.05) is 39.8 Å². The van der Waals surface area contributed by atoms with Gasteiger partial charge in [-0.1, -0.05) is 42.0 Å². The van der Waals surface area contributed by atoms with Crippen LogP contribution in [0.25, 0.3) is 0 Å². The molecule has 0 radical (unpaired) electrons. The number of guanidine groups is 1. The van der Waals surface area contributed by atoms with Crippen molar-refractivity contribution in [1.82, 2.24) is 15.5 Å². The molecule has 1 atom stereocenters. The Bertz CT molecular complexity index is 875. The van der Waals surface area contributed by atoms with Crippen molar-refractivity contribution >= 4 is 29.9 Å². The number of hydrogen-bond donors (Lipinski definition) is 3. The van der Waals surface area contributed by atoms with Gasteiger partial charge in [0.25, 0.3) is 0 Å². The Kier molecular flexibility index (Phi) is 11.3. The van der Waals surface area contributed by atoms with E-state index in [4.69, 9.17) is 4.74 Å². The van der Waals surface area contributed by atoms with Crippen LogP contribution in [0.4, 0.5) is 0 Å². The number of nitrogens with one attached hydrogen (secondary N) is 2. The Balaban J connectivity index is 0.00000363. The summed E-state index contributed by atoms with van der Waals surface area (Å²) in [6.45, 7) is 8.54. The molecule has 1 heterocycles. The van der Waals surface area contributed by atoms with Crippen LogP contribution < -0.4 is 15.4 Å². The zero-order chi connectivity index (χ0) is 22.1. The summed E-state index contributed by atoms with van der Waals surface area (Å²) >= 11 is 0. The molecule has 0 bridgehead atoms. The molecule has 0 saturated heterocycles. The van der Waals surface area contributed by atoms with Crippen molar-refractivity contribution in [1.29, 1.82) is 0 Å². The number of β-amino-alcohol motifs (C(OH)–C–C–N with tert-alkyl or cyclic N) is 1. The smallest absolute Gasteiger partial charge is 0.191 e. The van der Waals surface area contributed by atoms with Crippen LogP contribution in [-0.4, -0.2) is 61.9 Å². The van der Waals surface area contributed by atoms with E-state index >= 15 is 0 Å². The standard InChI is InChI=1S/C25H36N4O2.HI/c1-4-26-25(27-13-11-21-15-19(2)9-10-24(21)31-3)28-16-23(30)18-29-14-12-20-7-5-6-8-22(20)17-29;/h5-10,15,23,30H,4,11-14,16-18H2,1-3H3,(H2,26,27,28);1H. The van der Waals surface area contributed by atoms with Gasteiger partial charge in [-0.2, -0.15) is 0 Å². The van der Waals surface area contributed by atoms with Gasteiger partial charge in [0, 0.05) is 32.7 Å². The normalized spacial score (nSPS) is 14.8. The number of fused-ring (bicyclic) bond motifs is 1. The van der Waals surface area contributed by atoms with Crippen LogP contribution in [0.1, 0.15) is 29.2 Å². The molecule has 0 spiro atoms. The largest absolute Gasteiger partial charge is 0.496 e. The van der Waals surface area contributed by atoms with Gasteiger partial charge in [0.2, 0.25) is 0 Å². The predicted molar refractivity (Wildman–Crippen MR) is 142 cm³/mol. The summed E-state index contributed by atoms with van der Waals surface area (Å²) in [5.74, 6) is 1.64. The van der Waals surface area contributed by atoms with Crippen molar-refractivity contribution in [2.24, 2.45) is 4.99 Å². The fourth-order valence-electron chi connectivity index (χ4n) is 4.02. The molecule has 0 aromatic heterocycles. The second kappa shape index (κ2) is 13.6. The van der Waals surface area contributed by atoms with Crippen LogP contribution in [0.2, 0.25) is 0 Å². The molecular formula is C25H37IN4O2. The van der Waals surface area contributed by atoms with Gasteiger partial charge >= 0.3 is 0 Å².